The van der Waals surface area contributed by atoms with Crippen LogP contribution in [-0.2, 0) is 0 Å². The van der Waals surface area contributed by atoms with Crippen LogP contribution in [0.4, 0.5) is 5.69 Å². The Balaban J connectivity index is 2.00. The molecule has 2 heterocycles. The highest BCUT2D eigenvalue weighted by molar-refractivity contribution is 5.93. The lowest BCUT2D eigenvalue weighted by molar-refractivity contribution is 0.408. The van der Waals surface area contributed by atoms with Crippen LogP contribution in [0.3, 0.4) is 0 Å². The molecule has 0 radical (unpaired) electrons. The molecule has 2 N–H and O–H groups in total. The Morgan fingerprint density at radius 3 is 2.70 bits per heavy atom. The van der Waals surface area contributed by atoms with Gasteiger partial charge in [0.2, 0.25) is 5.88 Å². The molecular formula is C15H13N3O2. The van der Waals surface area contributed by atoms with E-state index in [1.807, 2.05) is 18.2 Å². The van der Waals surface area contributed by atoms with E-state index in [9.17, 15) is 0 Å². The Labute approximate surface area is 116 Å². The molecule has 3 rings (SSSR count). The van der Waals surface area contributed by atoms with Crippen molar-refractivity contribution in [3.8, 4) is 17.4 Å². The minimum atomic E-state index is 0.487. The molecule has 3 aromatic rings. The van der Waals surface area contributed by atoms with E-state index < -0.39 is 0 Å². The standard InChI is InChI=1S/C15H13N3O2/c1-19-10-4-7-14(18-9-10)20-13-6-5-12(16)15-11(13)3-2-8-17-15/h2-9H,16H2,1H3. The van der Waals surface area contributed by atoms with Crippen molar-refractivity contribution in [1.29, 1.82) is 0 Å². The molecule has 0 amide bonds. The van der Waals surface area contributed by atoms with Crippen molar-refractivity contribution in [2.24, 2.45) is 0 Å². The number of fused-ring (bicyclic) bond motifs is 1. The van der Waals surface area contributed by atoms with Crippen LogP contribution < -0.4 is 15.2 Å². The first-order valence-electron chi connectivity index (χ1n) is 6.09. The molecule has 0 aliphatic rings. The van der Waals surface area contributed by atoms with Gasteiger partial charge < -0.3 is 15.2 Å². The van der Waals surface area contributed by atoms with Crippen LogP contribution in [0.1, 0.15) is 0 Å². The van der Waals surface area contributed by atoms with Gasteiger partial charge in [-0.15, -0.1) is 0 Å². The van der Waals surface area contributed by atoms with E-state index in [-0.39, 0.29) is 0 Å². The smallest absolute Gasteiger partial charge is 0.219 e. The van der Waals surface area contributed by atoms with Crippen LogP contribution in [0.25, 0.3) is 10.9 Å². The highest BCUT2D eigenvalue weighted by Gasteiger charge is 2.07. The molecule has 0 aliphatic heterocycles. The van der Waals surface area contributed by atoms with Crippen LogP contribution >= 0.6 is 0 Å². The van der Waals surface area contributed by atoms with E-state index >= 15 is 0 Å². The number of hydrogen-bond acceptors (Lipinski definition) is 5. The number of anilines is 1. The third-order valence-corrected chi connectivity index (χ3v) is 2.92. The Kier molecular flexibility index (Phi) is 3.09. The van der Waals surface area contributed by atoms with Crippen molar-refractivity contribution >= 4 is 16.6 Å². The normalized spacial score (nSPS) is 10.4. The second-order valence-corrected chi connectivity index (χ2v) is 4.19. The third-order valence-electron chi connectivity index (χ3n) is 2.92. The number of aromatic nitrogens is 2. The van der Waals surface area contributed by atoms with Gasteiger partial charge in [0.15, 0.2) is 0 Å². The fourth-order valence-corrected chi connectivity index (χ4v) is 1.92. The molecule has 1 aromatic carbocycles. The van der Waals surface area contributed by atoms with Crippen molar-refractivity contribution in [2.75, 3.05) is 12.8 Å². The van der Waals surface area contributed by atoms with Gasteiger partial charge in [-0.2, -0.15) is 0 Å². The van der Waals surface area contributed by atoms with Gasteiger partial charge in [-0.25, -0.2) is 4.98 Å². The van der Waals surface area contributed by atoms with E-state index in [1.54, 1.807) is 37.7 Å². The molecule has 5 heteroatoms. The number of benzene rings is 1. The molecule has 0 atom stereocenters. The van der Waals surface area contributed by atoms with Crippen LogP contribution in [0.2, 0.25) is 0 Å². The maximum Gasteiger partial charge on any atom is 0.219 e. The largest absolute Gasteiger partial charge is 0.495 e. The molecule has 0 aliphatic carbocycles. The van der Waals surface area contributed by atoms with Crippen molar-refractivity contribution in [3.63, 3.8) is 0 Å². The fraction of sp³-hybridized carbons (Fsp3) is 0.0667. The average Bonchev–Trinajstić information content (AvgIpc) is 2.51. The molecule has 2 aromatic heterocycles. The van der Waals surface area contributed by atoms with Gasteiger partial charge in [0.25, 0.3) is 0 Å². The second-order valence-electron chi connectivity index (χ2n) is 4.19. The van der Waals surface area contributed by atoms with Gasteiger partial charge in [-0.1, -0.05) is 0 Å². The Morgan fingerprint density at radius 1 is 1.05 bits per heavy atom. The molecule has 0 fully saturated rings. The number of methoxy groups -OCH3 is 1. The topological polar surface area (TPSA) is 70.3 Å². The number of nitrogens with two attached hydrogens (primary N) is 1. The summed E-state index contributed by atoms with van der Waals surface area (Å²) in [5, 5.41) is 0.852. The van der Waals surface area contributed by atoms with Crippen molar-refractivity contribution in [1.82, 2.24) is 9.97 Å². The van der Waals surface area contributed by atoms with Gasteiger partial charge in [-0.3, -0.25) is 4.98 Å². The van der Waals surface area contributed by atoms with E-state index in [2.05, 4.69) is 9.97 Å². The fourth-order valence-electron chi connectivity index (χ4n) is 1.92. The summed E-state index contributed by atoms with van der Waals surface area (Å²) in [6, 6.07) is 10.9. The number of nitrogen functional groups attached to an aromatic ring is 1. The third kappa shape index (κ3) is 2.21. The van der Waals surface area contributed by atoms with E-state index in [4.69, 9.17) is 15.2 Å². The minimum absolute atomic E-state index is 0.487. The van der Waals surface area contributed by atoms with Crippen LogP contribution in [0.5, 0.6) is 17.4 Å². The van der Waals surface area contributed by atoms with Gasteiger partial charge in [0.05, 0.1) is 24.5 Å². The van der Waals surface area contributed by atoms with Crippen molar-refractivity contribution < 1.29 is 9.47 Å². The highest BCUT2D eigenvalue weighted by Crippen LogP contribution is 2.31. The summed E-state index contributed by atoms with van der Waals surface area (Å²) in [6.07, 6.45) is 3.31. The zero-order chi connectivity index (χ0) is 13.9. The van der Waals surface area contributed by atoms with Gasteiger partial charge in [0.1, 0.15) is 11.5 Å². The van der Waals surface area contributed by atoms with Gasteiger partial charge in [-0.05, 0) is 30.3 Å². The van der Waals surface area contributed by atoms with E-state index in [1.165, 1.54) is 0 Å². The Morgan fingerprint density at radius 2 is 1.95 bits per heavy atom. The summed E-state index contributed by atoms with van der Waals surface area (Å²) in [4.78, 5) is 8.44. The maximum atomic E-state index is 5.91. The van der Waals surface area contributed by atoms with Crippen molar-refractivity contribution in [3.05, 3.63) is 48.8 Å². The lowest BCUT2D eigenvalue weighted by atomic mass is 10.2. The molecule has 0 bridgehead atoms. The zero-order valence-electron chi connectivity index (χ0n) is 10.9. The maximum absolute atomic E-state index is 5.91. The number of rotatable bonds is 3. The average molecular weight is 267 g/mol. The monoisotopic (exact) mass is 267 g/mol. The van der Waals surface area contributed by atoms with Crippen LogP contribution in [0, 0.1) is 0 Å². The summed E-state index contributed by atoms with van der Waals surface area (Å²) >= 11 is 0. The lowest BCUT2D eigenvalue weighted by Gasteiger charge is -2.09. The number of nitrogens with zero attached hydrogens (tertiary/aromatic N) is 2. The highest BCUT2D eigenvalue weighted by atomic mass is 16.5. The van der Waals surface area contributed by atoms with Crippen molar-refractivity contribution in [2.45, 2.75) is 0 Å². The first kappa shape index (κ1) is 12.2. The SMILES string of the molecule is COc1ccc(Oc2ccc(N)c3ncccc23)nc1. The molecule has 20 heavy (non-hydrogen) atoms. The quantitative estimate of drug-likeness (QED) is 0.739. The molecule has 5 nitrogen and oxygen atoms in total. The van der Waals surface area contributed by atoms with E-state index in [0.717, 1.165) is 10.9 Å². The molecular weight excluding hydrogens is 254 g/mol. The summed E-state index contributed by atoms with van der Waals surface area (Å²) in [6.45, 7) is 0. The summed E-state index contributed by atoms with van der Waals surface area (Å²) in [7, 11) is 1.59. The summed E-state index contributed by atoms with van der Waals surface area (Å²) in [5.41, 5.74) is 7.25. The Bertz CT molecular complexity index is 742. The molecule has 0 spiro atoms. The number of hydrogen-bond donors (Lipinski definition) is 1. The summed E-state index contributed by atoms with van der Waals surface area (Å²) in [5.74, 6) is 1.84. The first-order valence-corrected chi connectivity index (χ1v) is 6.09. The van der Waals surface area contributed by atoms with Gasteiger partial charge in [0, 0.05) is 17.6 Å². The first-order chi connectivity index (χ1) is 9.78. The predicted molar refractivity (Wildman–Crippen MR) is 77.0 cm³/mol. The minimum Gasteiger partial charge on any atom is -0.495 e. The molecule has 100 valence electrons. The van der Waals surface area contributed by atoms with Crippen LogP contribution in [0.15, 0.2) is 48.8 Å². The predicted octanol–water partition coefficient (Wildman–Crippen LogP) is 3.01. The zero-order valence-corrected chi connectivity index (χ0v) is 10.9. The van der Waals surface area contributed by atoms with E-state index in [0.29, 0.717) is 23.1 Å². The Hall–Kier alpha value is -2.82. The molecule has 0 saturated heterocycles. The second kappa shape index (κ2) is 5.05. The molecule has 0 saturated carbocycles. The van der Waals surface area contributed by atoms with Crippen LogP contribution in [-0.4, -0.2) is 17.1 Å². The summed E-state index contributed by atoms with van der Waals surface area (Å²) < 4.78 is 10.8. The molecule has 0 unspecified atom stereocenters. The lowest BCUT2D eigenvalue weighted by Crippen LogP contribution is -1.93. The number of ether oxygens (including phenoxy) is 2. The number of pyridine rings is 2. The van der Waals surface area contributed by atoms with Gasteiger partial charge >= 0.3 is 0 Å².